The molecule has 17 heavy (non-hydrogen) atoms. The van der Waals surface area contributed by atoms with Gasteiger partial charge in [-0.25, -0.2) is 0 Å². The maximum Gasteiger partial charge on any atom is 0.124 e. The molecule has 3 rings (SSSR count). The Balaban J connectivity index is 2.39. The van der Waals surface area contributed by atoms with Gasteiger partial charge in [-0.15, -0.1) is 0 Å². The van der Waals surface area contributed by atoms with E-state index in [0.717, 1.165) is 21.9 Å². The van der Waals surface area contributed by atoms with Crippen molar-refractivity contribution in [3.8, 4) is 16.9 Å². The van der Waals surface area contributed by atoms with Crippen molar-refractivity contribution in [2.75, 3.05) is 0 Å². The van der Waals surface area contributed by atoms with Gasteiger partial charge in [0.15, 0.2) is 0 Å². The van der Waals surface area contributed by atoms with E-state index in [9.17, 15) is 5.11 Å². The molecule has 0 fully saturated rings. The minimum absolute atomic E-state index is 0.329. The lowest BCUT2D eigenvalue weighted by Gasteiger charge is -2.09. The van der Waals surface area contributed by atoms with Gasteiger partial charge in [0.05, 0.1) is 0 Å². The molecule has 1 N–H and O–H groups in total. The van der Waals surface area contributed by atoms with Gasteiger partial charge in [-0.1, -0.05) is 60.7 Å². The Labute approximate surface area is 100.0 Å². The number of rotatable bonds is 1. The van der Waals surface area contributed by atoms with E-state index in [4.69, 9.17) is 0 Å². The van der Waals surface area contributed by atoms with Gasteiger partial charge >= 0.3 is 0 Å². The molecule has 82 valence electrons. The van der Waals surface area contributed by atoms with E-state index in [1.165, 1.54) is 0 Å². The van der Waals surface area contributed by atoms with E-state index in [1.807, 2.05) is 54.6 Å². The average Bonchev–Trinajstić information content (AvgIpc) is 2.39. The molecule has 0 aliphatic carbocycles. The molecule has 0 aromatic heterocycles. The van der Waals surface area contributed by atoms with E-state index in [-0.39, 0.29) is 0 Å². The van der Waals surface area contributed by atoms with Crippen LogP contribution in [-0.4, -0.2) is 5.11 Å². The number of hydrogen-bond donors (Lipinski definition) is 1. The predicted molar refractivity (Wildman–Crippen MR) is 71.0 cm³/mol. The molecule has 0 saturated carbocycles. The lowest BCUT2D eigenvalue weighted by molar-refractivity contribution is 0.478. The average molecular weight is 220 g/mol. The van der Waals surface area contributed by atoms with Gasteiger partial charge in [0.2, 0.25) is 0 Å². The molecule has 0 heterocycles. The number of aromatic hydroxyl groups is 1. The van der Waals surface area contributed by atoms with E-state index >= 15 is 0 Å². The van der Waals surface area contributed by atoms with Crippen LogP contribution in [0.25, 0.3) is 21.9 Å². The van der Waals surface area contributed by atoms with Crippen molar-refractivity contribution in [3.05, 3.63) is 66.7 Å². The number of hydrogen-bond acceptors (Lipinski definition) is 1. The third-order valence-electron chi connectivity index (χ3n) is 2.97. The van der Waals surface area contributed by atoms with E-state index in [2.05, 4.69) is 6.07 Å². The summed E-state index contributed by atoms with van der Waals surface area (Å²) in [7, 11) is 0. The Morgan fingerprint density at radius 3 is 2.18 bits per heavy atom. The fraction of sp³-hybridized carbons (Fsp3) is 0. The van der Waals surface area contributed by atoms with Crippen molar-refractivity contribution in [3.63, 3.8) is 0 Å². The quantitative estimate of drug-likeness (QED) is 0.651. The van der Waals surface area contributed by atoms with Crippen LogP contribution in [0.15, 0.2) is 66.7 Å². The summed E-state index contributed by atoms with van der Waals surface area (Å²) in [6.45, 7) is 0. The zero-order chi connectivity index (χ0) is 11.7. The first-order valence-electron chi connectivity index (χ1n) is 5.62. The lowest BCUT2D eigenvalue weighted by atomic mass is 9.97. The number of fused-ring (bicyclic) bond motifs is 1. The molecule has 0 unspecified atom stereocenters. The van der Waals surface area contributed by atoms with Crippen LogP contribution in [-0.2, 0) is 0 Å². The fourth-order valence-corrected chi connectivity index (χ4v) is 2.17. The third-order valence-corrected chi connectivity index (χ3v) is 2.97. The van der Waals surface area contributed by atoms with E-state index < -0.39 is 0 Å². The van der Waals surface area contributed by atoms with Crippen molar-refractivity contribution >= 4 is 10.8 Å². The highest BCUT2D eigenvalue weighted by Gasteiger charge is 2.08. The second-order valence-electron chi connectivity index (χ2n) is 4.05. The van der Waals surface area contributed by atoms with Crippen LogP contribution in [0.1, 0.15) is 0 Å². The first-order chi connectivity index (χ1) is 8.36. The topological polar surface area (TPSA) is 20.2 Å². The molecule has 0 amide bonds. The summed E-state index contributed by atoms with van der Waals surface area (Å²) in [6, 6.07) is 21.8. The molecule has 1 heteroatoms. The van der Waals surface area contributed by atoms with Crippen LogP contribution in [0.5, 0.6) is 5.75 Å². The van der Waals surface area contributed by atoms with Gasteiger partial charge in [0.25, 0.3) is 0 Å². The summed E-state index contributed by atoms with van der Waals surface area (Å²) in [6.07, 6.45) is 0. The van der Waals surface area contributed by atoms with Crippen LogP contribution < -0.4 is 0 Å². The molecule has 0 saturated heterocycles. The van der Waals surface area contributed by atoms with Crippen LogP contribution in [0.2, 0.25) is 0 Å². The molecule has 3 aromatic carbocycles. The third kappa shape index (κ3) is 1.66. The first kappa shape index (κ1) is 9.91. The lowest BCUT2D eigenvalue weighted by Crippen LogP contribution is -1.82. The molecule has 0 radical (unpaired) electrons. The zero-order valence-corrected chi connectivity index (χ0v) is 9.30. The summed E-state index contributed by atoms with van der Waals surface area (Å²) in [5.41, 5.74) is 1.95. The van der Waals surface area contributed by atoms with Gasteiger partial charge < -0.3 is 5.11 Å². The van der Waals surface area contributed by atoms with Crippen molar-refractivity contribution in [2.24, 2.45) is 0 Å². The minimum Gasteiger partial charge on any atom is -0.507 e. The van der Waals surface area contributed by atoms with Crippen molar-refractivity contribution in [2.45, 2.75) is 0 Å². The van der Waals surface area contributed by atoms with Crippen molar-refractivity contribution < 1.29 is 5.11 Å². The zero-order valence-electron chi connectivity index (χ0n) is 9.30. The summed E-state index contributed by atoms with van der Waals surface area (Å²) in [5.74, 6) is 0.329. The molecule has 0 spiro atoms. The Bertz CT molecular complexity index is 657. The van der Waals surface area contributed by atoms with E-state index in [1.54, 1.807) is 6.07 Å². The Hall–Kier alpha value is -2.28. The summed E-state index contributed by atoms with van der Waals surface area (Å²) >= 11 is 0. The van der Waals surface area contributed by atoms with Gasteiger partial charge in [0, 0.05) is 5.56 Å². The summed E-state index contributed by atoms with van der Waals surface area (Å²) in [5, 5.41) is 12.3. The number of phenols is 1. The first-order valence-corrected chi connectivity index (χ1v) is 5.62. The minimum atomic E-state index is 0.329. The second-order valence-corrected chi connectivity index (χ2v) is 4.05. The Morgan fingerprint density at radius 1 is 0.647 bits per heavy atom. The highest BCUT2D eigenvalue weighted by atomic mass is 16.3. The molecule has 3 aromatic rings. The summed E-state index contributed by atoms with van der Waals surface area (Å²) in [4.78, 5) is 0. The van der Waals surface area contributed by atoms with Crippen LogP contribution in [0.4, 0.5) is 0 Å². The number of phenolic OH excluding ortho intramolecular Hbond substituents is 1. The van der Waals surface area contributed by atoms with Gasteiger partial charge in [-0.2, -0.15) is 0 Å². The molecule has 0 aliphatic heterocycles. The van der Waals surface area contributed by atoms with Crippen molar-refractivity contribution in [1.82, 2.24) is 0 Å². The van der Waals surface area contributed by atoms with Crippen molar-refractivity contribution in [1.29, 1.82) is 0 Å². The monoisotopic (exact) mass is 220 g/mol. The van der Waals surface area contributed by atoms with Crippen LogP contribution in [0.3, 0.4) is 0 Å². The van der Waals surface area contributed by atoms with Crippen LogP contribution in [0, 0.1) is 0 Å². The molecular weight excluding hydrogens is 208 g/mol. The number of benzene rings is 3. The Morgan fingerprint density at radius 2 is 1.35 bits per heavy atom. The Kier molecular flexibility index (Phi) is 2.30. The maximum atomic E-state index is 10.1. The maximum absolute atomic E-state index is 10.1. The summed E-state index contributed by atoms with van der Waals surface area (Å²) < 4.78 is 0. The highest BCUT2D eigenvalue weighted by Crippen LogP contribution is 2.35. The highest BCUT2D eigenvalue weighted by molar-refractivity contribution is 5.99. The standard InChI is InChI=1S/C16H12O/c17-15-11-10-12-6-4-5-9-14(12)16(15)13-7-2-1-3-8-13/h1-11,17H. The van der Waals surface area contributed by atoms with Gasteiger partial charge in [-0.05, 0) is 22.4 Å². The second kappa shape index (κ2) is 3.95. The molecule has 0 bridgehead atoms. The largest absolute Gasteiger partial charge is 0.507 e. The normalized spacial score (nSPS) is 10.6. The van der Waals surface area contributed by atoms with Gasteiger partial charge in [0.1, 0.15) is 5.75 Å². The van der Waals surface area contributed by atoms with Crippen LogP contribution >= 0.6 is 0 Å². The molecule has 0 atom stereocenters. The molecule has 0 aliphatic rings. The smallest absolute Gasteiger partial charge is 0.124 e. The van der Waals surface area contributed by atoms with Gasteiger partial charge in [-0.3, -0.25) is 0 Å². The SMILES string of the molecule is Oc1ccc2ccccc2c1-c1ccccc1. The molecule has 1 nitrogen and oxygen atoms in total. The predicted octanol–water partition coefficient (Wildman–Crippen LogP) is 4.21. The fourth-order valence-electron chi connectivity index (χ4n) is 2.17. The van der Waals surface area contributed by atoms with E-state index in [0.29, 0.717) is 5.75 Å². The molecular formula is C16H12O.